The van der Waals surface area contributed by atoms with Gasteiger partial charge in [-0.3, -0.25) is 0 Å². The third kappa shape index (κ3) is 2.84. The van der Waals surface area contributed by atoms with Gasteiger partial charge >= 0.3 is 0 Å². The van der Waals surface area contributed by atoms with Gasteiger partial charge in [-0.15, -0.1) is 0 Å². The fourth-order valence-corrected chi connectivity index (χ4v) is 2.36. The molecule has 0 spiro atoms. The van der Waals surface area contributed by atoms with Crippen LogP contribution in [0.1, 0.15) is 31.4 Å². The summed E-state index contributed by atoms with van der Waals surface area (Å²) < 4.78 is 0. The van der Waals surface area contributed by atoms with Gasteiger partial charge in [0.15, 0.2) is 0 Å². The summed E-state index contributed by atoms with van der Waals surface area (Å²) in [6.45, 7) is 3.14. The van der Waals surface area contributed by atoms with Crippen LogP contribution in [0, 0.1) is 5.92 Å². The molecule has 1 nitrogen and oxygen atoms in total. The first-order valence-electron chi connectivity index (χ1n) is 5.46. The highest BCUT2D eigenvalue weighted by molar-refractivity contribution is 6.48. The normalized spacial score (nSPS) is 17.5. The number of hydrogen-bond donors (Lipinski definition) is 1. The minimum absolute atomic E-state index is 0.211. The highest BCUT2D eigenvalue weighted by atomic mass is 35.5. The van der Waals surface area contributed by atoms with Crippen LogP contribution in [-0.4, -0.2) is 6.54 Å². The lowest BCUT2D eigenvalue weighted by Gasteiger charge is -2.16. The van der Waals surface area contributed by atoms with E-state index in [-0.39, 0.29) is 6.04 Å². The highest BCUT2D eigenvalue weighted by Gasteiger charge is 2.22. The monoisotopic (exact) mass is 277 g/mol. The van der Waals surface area contributed by atoms with Gasteiger partial charge in [-0.25, -0.2) is 0 Å². The second-order valence-corrected chi connectivity index (χ2v) is 5.50. The van der Waals surface area contributed by atoms with E-state index < -0.39 is 0 Å². The molecule has 0 heterocycles. The van der Waals surface area contributed by atoms with Crippen LogP contribution >= 0.6 is 34.8 Å². The molecule has 0 amide bonds. The third-order valence-corrected chi connectivity index (χ3v) is 4.25. The fourth-order valence-electron chi connectivity index (χ4n) is 1.65. The average molecular weight is 279 g/mol. The Kier molecular flexibility index (Phi) is 4.01. The Bertz CT molecular complexity index is 388. The summed E-state index contributed by atoms with van der Waals surface area (Å²) in [6.07, 6.45) is 2.68. The van der Waals surface area contributed by atoms with E-state index in [1.165, 1.54) is 12.8 Å². The van der Waals surface area contributed by atoms with E-state index in [0.29, 0.717) is 15.1 Å². The lowest BCUT2D eigenvalue weighted by atomic mass is 10.1. The summed E-state index contributed by atoms with van der Waals surface area (Å²) in [4.78, 5) is 0. The van der Waals surface area contributed by atoms with Crippen LogP contribution in [0.5, 0.6) is 0 Å². The van der Waals surface area contributed by atoms with Gasteiger partial charge in [0.2, 0.25) is 0 Å². The Labute approximate surface area is 111 Å². The molecule has 1 fully saturated rings. The van der Waals surface area contributed by atoms with Crippen LogP contribution in [0.15, 0.2) is 12.1 Å². The first-order chi connectivity index (χ1) is 7.59. The quantitative estimate of drug-likeness (QED) is 0.787. The maximum atomic E-state index is 6.17. The summed E-state index contributed by atoms with van der Waals surface area (Å²) in [7, 11) is 0. The Hall–Kier alpha value is 0.0500. The fraction of sp³-hybridized carbons (Fsp3) is 0.500. The minimum atomic E-state index is 0.211. The van der Waals surface area contributed by atoms with E-state index in [2.05, 4.69) is 12.2 Å². The molecule has 88 valence electrons. The zero-order chi connectivity index (χ0) is 11.7. The lowest BCUT2D eigenvalue weighted by Crippen LogP contribution is -2.21. The molecule has 2 rings (SSSR count). The summed E-state index contributed by atoms with van der Waals surface area (Å²) in [5, 5.41) is 4.97. The molecule has 1 atom stereocenters. The van der Waals surface area contributed by atoms with Gasteiger partial charge < -0.3 is 5.32 Å². The first-order valence-corrected chi connectivity index (χ1v) is 6.59. The topological polar surface area (TPSA) is 12.0 Å². The van der Waals surface area contributed by atoms with Crippen molar-refractivity contribution in [3.05, 3.63) is 32.8 Å². The number of halogens is 3. The summed E-state index contributed by atoms with van der Waals surface area (Å²) >= 11 is 18.1. The van der Waals surface area contributed by atoms with Crippen LogP contribution in [0.2, 0.25) is 15.1 Å². The molecule has 0 saturated heterocycles. The van der Waals surface area contributed by atoms with Crippen LogP contribution in [0.3, 0.4) is 0 Å². The Morgan fingerprint density at radius 3 is 2.56 bits per heavy atom. The van der Waals surface area contributed by atoms with Crippen molar-refractivity contribution in [2.75, 3.05) is 6.54 Å². The molecular formula is C12H14Cl3N. The van der Waals surface area contributed by atoms with Crippen molar-refractivity contribution >= 4 is 34.8 Å². The van der Waals surface area contributed by atoms with Crippen molar-refractivity contribution in [3.8, 4) is 0 Å². The number of rotatable bonds is 4. The van der Waals surface area contributed by atoms with Gasteiger partial charge in [-0.1, -0.05) is 40.9 Å². The molecule has 0 aromatic heterocycles. The Morgan fingerprint density at radius 2 is 1.94 bits per heavy atom. The molecule has 1 N–H and O–H groups in total. The van der Waals surface area contributed by atoms with Gasteiger partial charge in [0.1, 0.15) is 0 Å². The third-order valence-electron chi connectivity index (χ3n) is 2.94. The molecule has 1 aromatic rings. The highest BCUT2D eigenvalue weighted by Crippen LogP contribution is 2.36. The maximum Gasteiger partial charge on any atom is 0.0781 e. The zero-order valence-electron chi connectivity index (χ0n) is 9.06. The van der Waals surface area contributed by atoms with Crippen molar-refractivity contribution in [2.24, 2.45) is 5.92 Å². The summed E-state index contributed by atoms with van der Waals surface area (Å²) in [5.41, 5.74) is 1.01. The Morgan fingerprint density at radius 1 is 1.25 bits per heavy atom. The van der Waals surface area contributed by atoms with Gasteiger partial charge in [0, 0.05) is 6.04 Å². The van der Waals surface area contributed by atoms with Gasteiger partial charge in [0.25, 0.3) is 0 Å². The first kappa shape index (κ1) is 12.5. The standard InChI is InChI=1S/C12H14Cl3N/c1-7(16-6-8-2-3-8)9-4-5-10(13)12(15)11(9)14/h4-5,7-8,16H,2-3,6H2,1H3. The SMILES string of the molecule is CC(NCC1CC1)c1ccc(Cl)c(Cl)c1Cl. The number of benzene rings is 1. The largest absolute Gasteiger partial charge is 0.310 e. The van der Waals surface area contributed by atoms with E-state index in [9.17, 15) is 0 Å². The molecule has 1 aliphatic rings. The molecule has 0 aliphatic heterocycles. The van der Waals surface area contributed by atoms with Crippen LogP contribution < -0.4 is 5.32 Å². The molecule has 1 aliphatic carbocycles. The maximum absolute atomic E-state index is 6.17. The van der Waals surface area contributed by atoms with Crippen LogP contribution in [-0.2, 0) is 0 Å². The zero-order valence-corrected chi connectivity index (χ0v) is 11.3. The molecule has 16 heavy (non-hydrogen) atoms. The van der Waals surface area contributed by atoms with E-state index in [1.807, 2.05) is 6.07 Å². The van der Waals surface area contributed by atoms with E-state index in [4.69, 9.17) is 34.8 Å². The molecule has 1 aromatic carbocycles. The molecular weight excluding hydrogens is 264 g/mol. The second kappa shape index (κ2) is 5.14. The summed E-state index contributed by atoms with van der Waals surface area (Å²) in [6, 6.07) is 3.93. The van der Waals surface area contributed by atoms with Crippen LogP contribution in [0.4, 0.5) is 0 Å². The lowest BCUT2D eigenvalue weighted by molar-refractivity contribution is 0.549. The molecule has 0 bridgehead atoms. The molecule has 0 radical (unpaired) electrons. The van der Waals surface area contributed by atoms with Gasteiger partial charge in [0.05, 0.1) is 15.1 Å². The van der Waals surface area contributed by atoms with Gasteiger partial charge in [-0.2, -0.15) is 0 Å². The minimum Gasteiger partial charge on any atom is -0.310 e. The molecule has 1 saturated carbocycles. The van der Waals surface area contributed by atoms with Crippen molar-refractivity contribution in [1.29, 1.82) is 0 Å². The summed E-state index contributed by atoms with van der Waals surface area (Å²) in [5.74, 6) is 0.851. The van der Waals surface area contributed by atoms with E-state index in [0.717, 1.165) is 18.0 Å². The number of nitrogens with one attached hydrogen (secondary N) is 1. The van der Waals surface area contributed by atoms with E-state index in [1.54, 1.807) is 6.07 Å². The van der Waals surface area contributed by atoms with Crippen molar-refractivity contribution < 1.29 is 0 Å². The van der Waals surface area contributed by atoms with E-state index >= 15 is 0 Å². The van der Waals surface area contributed by atoms with Crippen molar-refractivity contribution in [1.82, 2.24) is 5.32 Å². The van der Waals surface area contributed by atoms with Crippen LogP contribution in [0.25, 0.3) is 0 Å². The number of hydrogen-bond acceptors (Lipinski definition) is 1. The second-order valence-electron chi connectivity index (χ2n) is 4.34. The molecule has 1 unspecified atom stereocenters. The predicted octanol–water partition coefficient (Wildman–Crippen LogP) is 4.71. The smallest absolute Gasteiger partial charge is 0.0781 e. The van der Waals surface area contributed by atoms with Crippen molar-refractivity contribution in [2.45, 2.75) is 25.8 Å². The average Bonchev–Trinajstić information content (AvgIpc) is 3.07. The predicted molar refractivity (Wildman–Crippen MR) is 70.6 cm³/mol. The molecule has 4 heteroatoms. The Balaban J connectivity index is 2.09. The van der Waals surface area contributed by atoms with Crippen molar-refractivity contribution in [3.63, 3.8) is 0 Å². The van der Waals surface area contributed by atoms with Gasteiger partial charge in [-0.05, 0) is 43.9 Å².